The molecule has 0 atom stereocenters. The SMILES string of the molecule is CCNC(=NCc1ccc(C)cc1OCCCOC)NCc1nc(C)c(C)s1. The number of benzene rings is 1. The summed E-state index contributed by atoms with van der Waals surface area (Å²) in [5, 5.41) is 7.73. The number of aryl methyl sites for hydroxylation is 3. The first-order valence-corrected chi connectivity index (χ1v) is 10.5. The maximum atomic E-state index is 5.96. The van der Waals surface area contributed by atoms with Gasteiger partial charge in [0, 0.05) is 37.1 Å². The molecule has 0 unspecified atom stereocenters. The summed E-state index contributed by atoms with van der Waals surface area (Å²) in [7, 11) is 1.70. The van der Waals surface area contributed by atoms with Crippen LogP contribution in [0.4, 0.5) is 0 Å². The zero-order valence-corrected chi connectivity index (χ0v) is 18.4. The highest BCUT2D eigenvalue weighted by atomic mass is 32.1. The van der Waals surface area contributed by atoms with Crippen LogP contribution in [0.1, 0.15) is 40.1 Å². The first kappa shape index (κ1) is 22.2. The minimum atomic E-state index is 0.547. The molecule has 0 saturated carbocycles. The van der Waals surface area contributed by atoms with Gasteiger partial charge < -0.3 is 20.1 Å². The molecule has 1 heterocycles. The van der Waals surface area contributed by atoms with Crippen molar-refractivity contribution in [1.29, 1.82) is 0 Å². The van der Waals surface area contributed by atoms with Gasteiger partial charge in [-0.3, -0.25) is 0 Å². The number of aromatic nitrogens is 1. The van der Waals surface area contributed by atoms with Gasteiger partial charge in [0.25, 0.3) is 0 Å². The van der Waals surface area contributed by atoms with Crippen molar-refractivity contribution >= 4 is 17.3 Å². The standard InChI is InChI=1S/C21H32N4O2S/c1-6-22-21(24-14-20-25-16(3)17(4)28-20)23-13-18-9-8-15(2)12-19(18)27-11-7-10-26-5/h8-9,12H,6-7,10-11,13-14H2,1-5H3,(H2,22,23,24). The Labute approximate surface area is 172 Å². The van der Waals surface area contributed by atoms with E-state index < -0.39 is 0 Å². The summed E-state index contributed by atoms with van der Waals surface area (Å²) in [6.45, 7) is 11.6. The van der Waals surface area contributed by atoms with Crippen LogP contribution in [-0.2, 0) is 17.8 Å². The zero-order valence-electron chi connectivity index (χ0n) is 17.6. The number of hydrogen-bond donors (Lipinski definition) is 2. The van der Waals surface area contributed by atoms with Crippen LogP contribution in [0.25, 0.3) is 0 Å². The Morgan fingerprint density at radius 2 is 2.00 bits per heavy atom. The van der Waals surface area contributed by atoms with E-state index in [2.05, 4.69) is 54.6 Å². The van der Waals surface area contributed by atoms with Crippen molar-refractivity contribution in [1.82, 2.24) is 15.6 Å². The molecular weight excluding hydrogens is 372 g/mol. The van der Waals surface area contributed by atoms with Gasteiger partial charge in [0.1, 0.15) is 10.8 Å². The van der Waals surface area contributed by atoms with Gasteiger partial charge >= 0.3 is 0 Å². The minimum absolute atomic E-state index is 0.547. The molecule has 2 N–H and O–H groups in total. The molecule has 2 aromatic rings. The van der Waals surface area contributed by atoms with Crippen molar-refractivity contribution in [2.24, 2.45) is 4.99 Å². The molecule has 1 aromatic heterocycles. The normalized spacial score (nSPS) is 11.5. The first-order valence-electron chi connectivity index (χ1n) is 9.69. The number of nitrogens with one attached hydrogen (secondary N) is 2. The molecule has 154 valence electrons. The fourth-order valence-corrected chi connectivity index (χ4v) is 3.47. The number of ether oxygens (including phenoxy) is 2. The number of rotatable bonds is 10. The number of hydrogen-bond acceptors (Lipinski definition) is 5. The molecule has 6 nitrogen and oxygen atoms in total. The molecule has 0 radical (unpaired) electrons. The van der Waals surface area contributed by atoms with Crippen molar-refractivity contribution in [2.75, 3.05) is 26.9 Å². The third-order valence-corrected chi connectivity index (χ3v) is 5.28. The first-order chi connectivity index (χ1) is 13.5. The van der Waals surface area contributed by atoms with Gasteiger partial charge in [0.2, 0.25) is 0 Å². The maximum absolute atomic E-state index is 5.96. The van der Waals surface area contributed by atoms with Gasteiger partial charge in [-0.25, -0.2) is 9.98 Å². The minimum Gasteiger partial charge on any atom is -0.493 e. The van der Waals surface area contributed by atoms with Gasteiger partial charge in [-0.1, -0.05) is 12.1 Å². The quantitative estimate of drug-likeness (QED) is 0.359. The van der Waals surface area contributed by atoms with Gasteiger partial charge in [0.05, 0.1) is 25.4 Å². The van der Waals surface area contributed by atoms with Crippen molar-refractivity contribution in [3.05, 3.63) is 44.9 Å². The van der Waals surface area contributed by atoms with Gasteiger partial charge in [-0.15, -0.1) is 11.3 Å². The Bertz CT molecular complexity index is 754. The molecule has 0 aliphatic rings. The molecule has 0 fully saturated rings. The van der Waals surface area contributed by atoms with Crippen molar-refractivity contribution in [3.63, 3.8) is 0 Å². The molecule has 0 saturated heterocycles. The van der Waals surface area contributed by atoms with Gasteiger partial charge in [-0.2, -0.15) is 0 Å². The van der Waals surface area contributed by atoms with Crippen LogP contribution in [0.15, 0.2) is 23.2 Å². The molecule has 0 aliphatic carbocycles. The Kier molecular flexibility index (Phi) is 9.23. The van der Waals surface area contributed by atoms with Crippen molar-refractivity contribution in [3.8, 4) is 5.75 Å². The lowest BCUT2D eigenvalue weighted by atomic mass is 10.1. The Morgan fingerprint density at radius 3 is 2.68 bits per heavy atom. The molecule has 0 spiro atoms. The van der Waals surface area contributed by atoms with E-state index in [4.69, 9.17) is 14.5 Å². The van der Waals surface area contributed by atoms with Crippen LogP contribution in [-0.4, -0.2) is 37.8 Å². The molecule has 2 rings (SSSR count). The molecule has 0 bridgehead atoms. The van der Waals surface area contributed by atoms with Gasteiger partial charge in [0.15, 0.2) is 5.96 Å². The molecule has 28 heavy (non-hydrogen) atoms. The van der Waals surface area contributed by atoms with E-state index in [1.165, 1.54) is 10.4 Å². The van der Waals surface area contributed by atoms with E-state index in [1.54, 1.807) is 18.4 Å². The number of methoxy groups -OCH3 is 1. The predicted molar refractivity (Wildman–Crippen MR) is 116 cm³/mol. The highest BCUT2D eigenvalue weighted by molar-refractivity contribution is 7.11. The summed E-state index contributed by atoms with van der Waals surface area (Å²) < 4.78 is 11.0. The van der Waals surface area contributed by atoms with E-state index in [-0.39, 0.29) is 0 Å². The van der Waals surface area contributed by atoms with Crippen LogP contribution < -0.4 is 15.4 Å². The Morgan fingerprint density at radius 1 is 1.18 bits per heavy atom. The maximum Gasteiger partial charge on any atom is 0.191 e. The molecule has 1 aromatic carbocycles. The van der Waals surface area contributed by atoms with E-state index in [1.807, 2.05) is 6.92 Å². The average Bonchev–Trinajstić information content (AvgIpc) is 3.00. The molecule has 0 aliphatic heterocycles. The summed E-state index contributed by atoms with van der Waals surface area (Å²) in [6.07, 6.45) is 0.865. The zero-order chi connectivity index (χ0) is 20.4. The average molecular weight is 405 g/mol. The summed E-state index contributed by atoms with van der Waals surface area (Å²) in [5.41, 5.74) is 3.34. The van der Waals surface area contributed by atoms with Crippen LogP contribution in [0, 0.1) is 20.8 Å². The highest BCUT2D eigenvalue weighted by Crippen LogP contribution is 2.21. The van der Waals surface area contributed by atoms with Crippen LogP contribution in [0.3, 0.4) is 0 Å². The van der Waals surface area contributed by atoms with E-state index in [9.17, 15) is 0 Å². The lowest BCUT2D eigenvalue weighted by Gasteiger charge is -2.13. The number of aliphatic imine (C=N–C) groups is 1. The number of nitrogens with zero attached hydrogens (tertiary/aromatic N) is 2. The number of thiazole rings is 1. The Balaban J connectivity index is 2.02. The highest BCUT2D eigenvalue weighted by Gasteiger charge is 2.07. The van der Waals surface area contributed by atoms with Crippen LogP contribution >= 0.6 is 11.3 Å². The summed E-state index contributed by atoms with van der Waals surface area (Å²) in [4.78, 5) is 10.6. The topological polar surface area (TPSA) is 67.8 Å². The summed E-state index contributed by atoms with van der Waals surface area (Å²) in [6, 6.07) is 6.25. The second-order valence-electron chi connectivity index (χ2n) is 6.60. The molecule has 0 amide bonds. The predicted octanol–water partition coefficient (Wildman–Crippen LogP) is 3.74. The van der Waals surface area contributed by atoms with Gasteiger partial charge in [-0.05, 0) is 39.3 Å². The largest absolute Gasteiger partial charge is 0.493 e. The van der Waals surface area contributed by atoms with Crippen LogP contribution in [0.5, 0.6) is 5.75 Å². The lowest BCUT2D eigenvalue weighted by molar-refractivity contribution is 0.172. The number of guanidine groups is 1. The summed E-state index contributed by atoms with van der Waals surface area (Å²) >= 11 is 1.72. The second-order valence-corrected chi connectivity index (χ2v) is 7.89. The molecule has 7 heteroatoms. The monoisotopic (exact) mass is 404 g/mol. The summed E-state index contributed by atoms with van der Waals surface area (Å²) in [5.74, 6) is 1.67. The smallest absolute Gasteiger partial charge is 0.191 e. The third kappa shape index (κ3) is 7.13. The fourth-order valence-electron chi connectivity index (χ4n) is 2.59. The van der Waals surface area contributed by atoms with Crippen LogP contribution in [0.2, 0.25) is 0 Å². The molecular formula is C21H32N4O2S. The fraction of sp³-hybridized carbons (Fsp3) is 0.524. The Hall–Kier alpha value is -2.12. The van der Waals surface area contributed by atoms with Crippen molar-refractivity contribution in [2.45, 2.75) is 47.2 Å². The van der Waals surface area contributed by atoms with Crippen molar-refractivity contribution < 1.29 is 9.47 Å². The van der Waals surface area contributed by atoms with E-state index in [0.717, 1.165) is 40.9 Å². The van der Waals surface area contributed by atoms with E-state index >= 15 is 0 Å². The lowest BCUT2D eigenvalue weighted by Crippen LogP contribution is -2.36. The van der Waals surface area contributed by atoms with E-state index in [0.29, 0.717) is 26.3 Å². The third-order valence-electron chi connectivity index (χ3n) is 4.20. The second kappa shape index (κ2) is 11.7.